The largest absolute Gasteiger partial charge is 0.341 e. The summed E-state index contributed by atoms with van der Waals surface area (Å²) in [7, 11) is 0. The van der Waals surface area contributed by atoms with Crippen LogP contribution in [0.5, 0.6) is 0 Å². The number of carbonyl (C=O) groups is 1. The molecular weight excluding hydrogens is 166 g/mol. The first-order valence-corrected chi connectivity index (χ1v) is 4.99. The van der Waals surface area contributed by atoms with Crippen LogP contribution in [-0.2, 0) is 4.79 Å². The van der Waals surface area contributed by atoms with E-state index in [4.69, 9.17) is 5.73 Å². The highest BCUT2D eigenvalue weighted by Gasteiger charge is 2.20. The number of carbonyl (C=O) groups excluding carboxylic acids is 1. The average Bonchev–Trinajstić information content (AvgIpc) is 2.18. The fraction of sp³-hybridized carbons (Fsp3) is 0.889. The minimum Gasteiger partial charge on any atom is -0.341 e. The van der Waals surface area contributed by atoms with Crippen LogP contribution >= 0.6 is 0 Å². The lowest BCUT2D eigenvalue weighted by atomic mass is 10.1. The Morgan fingerprint density at radius 1 is 1.54 bits per heavy atom. The van der Waals surface area contributed by atoms with Crippen molar-refractivity contribution in [2.24, 2.45) is 5.73 Å². The van der Waals surface area contributed by atoms with E-state index >= 15 is 0 Å². The van der Waals surface area contributed by atoms with Crippen molar-refractivity contribution in [1.29, 1.82) is 0 Å². The molecule has 0 spiro atoms. The number of piperidine rings is 1. The Kier molecular flexibility index (Phi) is 4.18. The summed E-state index contributed by atoms with van der Waals surface area (Å²) in [6.45, 7) is 4.97. The maximum Gasteiger partial charge on any atom is 0.236 e. The Balaban J connectivity index is 2.26. The third-order valence-corrected chi connectivity index (χ3v) is 2.52. The van der Waals surface area contributed by atoms with Crippen LogP contribution in [0.25, 0.3) is 0 Å². The standard InChI is InChI=1S/C9H19N3O/c1-2-11-8-3-5-12(6-4-8)9(13)7-10/h8,11H,2-7,10H2,1H3. The van der Waals surface area contributed by atoms with Crippen LogP contribution < -0.4 is 11.1 Å². The molecular formula is C9H19N3O. The molecule has 1 amide bonds. The van der Waals surface area contributed by atoms with E-state index in [1.165, 1.54) is 0 Å². The summed E-state index contributed by atoms with van der Waals surface area (Å²) in [6, 6.07) is 0.590. The van der Waals surface area contributed by atoms with Gasteiger partial charge in [0.15, 0.2) is 0 Å². The highest BCUT2D eigenvalue weighted by atomic mass is 16.2. The summed E-state index contributed by atoms with van der Waals surface area (Å²) < 4.78 is 0. The van der Waals surface area contributed by atoms with Gasteiger partial charge >= 0.3 is 0 Å². The van der Waals surface area contributed by atoms with Crippen LogP contribution in [-0.4, -0.2) is 43.0 Å². The van der Waals surface area contributed by atoms with Crippen LogP contribution in [0.2, 0.25) is 0 Å². The number of nitrogens with zero attached hydrogens (tertiary/aromatic N) is 1. The van der Waals surface area contributed by atoms with Gasteiger partial charge in [-0.3, -0.25) is 4.79 Å². The fourth-order valence-electron chi connectivity index (χ4n) is 1.75. The molecule has 1 rings (SSSR count). The molecule has 0 atom stereocenters. The lowest BCUT2D eigenvalue weighted by Crippen LogP contribution is -2.46. The Labute approximate surface area is 79.5 Å². The average molecular weight is 185 g/mol. The van der Waals surface area contributed by atoms with Gasteiger partial charge in [0.2, 0.25) is 5.91 Å². The second-order valence-electron chi connectivity index (χ2n) is 3.42. The Bertz CT molecular complexity index is 164. The molecule has 0 aromatic carbocycles. The van der Waals surface area contributed by atoms with Crippen LogP contribution in [0.1, 0.15) is 19.8 Å². The van der Waals surface area contributed by atoms with Gasteiger partial charge in [-0.25, -0.2) is 0 Å². The molecule has 1 aliphatic rings. The summed E-state index contributed by atoms with van der Waals surface area (Å²) in [6.07, 6.45) is 2.11. The maximum atomic E-state index is 11.2. The molecule has 0 unspecified atom stereocenters. The van der Waals surface area contributed by atoms with Crippen LogP contribution in [0, 0.1) is 0 Å². The summed E-state index contributed by atoms with van der Waals surface area (Å²) in [5.74, 6) is 0.0787. The van der Waals surface area contributed by atoms with Crippen molar-refractivity contribution in [3.05, 3.63) is 0 Å². The van der Waals surface area contributed by atoms with Crippen molar-refractivity contribution < 1.29 is 4.79 Å². The fourth-order valence-corrected chi connectivity index (χ4v) is 1.75. The Hall–Kier alpha value is -0.610. The van der Waals surface area contributed by atoms with Crippen LogP contribution in [0.3, 0.4) is 0 Å². The monoisotopic (exact) mass is 185 g/mol. The molecule has 0 aromatic heterocycles. The topological polar surface area (TPSA) is 58.4 Å². The lowest BCUT2D eigenvalue weighted by molar-refractivity contribution is -0.130. The van der Waals surface area contributed by atoms with Gasteiger partial charge in [0.05, 0.1) is 6.54 Å². The second-order valence-corrected chi connectivity index (χ2v) is 3.42. The number of likely N-dealkylation sites (tertiary alicyclic amines) is 1. The number of rotatable bonds is 3. The summed E-state index contributed by atoms with van der Waals surface area (Å²) in [5, 5.41) is 3.39. The number of nitrogens with two attached hydrogens (primary N) is 1. The van der Waals surface area contributed by atoms with Gasteiger partial charge < -0.3 is 16.0 Å². The molecule has 13 heavy (non-hydrogen) atoms. The Morgan fingerprint density at radius 2 is 2.15 bits per heavy atom. The normalized spacial score (nSPS) is 19.1. The smallest absolute Gasteiger partial charge is 0.236 e. The molecule has 1 aliphatic heterocycles. The van der Waals surface area contributed by atoms with E-state index in [2.05, 4.69) is 12.2 Å². The quantitative estimate of drug-likeness (QED) is 0.626. The molecule has 4 heteroatoms. The van der Waals surface area contributed by atoms with Crippen molar-refractivity contribution >= 4 is 5.91 Å². The SMILES string of the molecule is CCNC1CCN(C(=O)CN)CC1. The molecule has 0 aliphatic carbocycles. The van der Waals surface area contributed by atoms with Crippen LogP contribution in [0.15, 0.2) is 0 Å². The molecule has 0 bridgehead atoms. The first-order valence-electron chi connectivity index (χ1n) is 4.99. The minimum atomic E-state index is 0.0787. The third-order valence-electron chi connectivity index (χ3n) is 2.52. The molecule has 0 radical (unpaired) electrons. The van der Waals surface area contributed by atoms with E-state index in [-0.39, 0.29) is 12.5 Å². The summed E-state index contributed by atoms with van der Waals surface area (Å²) in [5.41, 5.74) is 5.29. The highest BCUT2D eigenvalue weighted by molar-refractivity contribution is 5.78. The van der Waals surface area contributed by atoms with E-state index in [0.717, 1.165) is 32.5 Å². The van der Waals surface area contributed by atoms with Gasteiger partial charge in [0.25, 0.3) is 0 Å². The van der Waals surface area contributed by atoms with Crippen molar-refractivity contribution in [1.82, 2.24) is 10.2 Å². The zero-order chi connectivity index (χ0) is 9.68. The van der Waals surface area contributed by atoms with E-state index in [1.807, 2.05) is 4.90 Å². The predicted octanol–water partition coefficient (Wildman–Crippen LogP) is -0.454. The molecule has 0 aromatic rings. The van der Waals surface area contributed by atoms with Crippen LogP contribution in [0.4, 0.5) is 0 Å². The van der Waals surface area contributed by atoms with Crippen molar-refractivity contribution in [3.63, 3.8) is 0 Å². The molecule has 1 saturated heterocycles. The number of nitrogens with one attached hydrogen (secondary N) is 1. The van der Waals surface area contributed by atoms with Crippen molar-refractivity contribution in [2.45, 2.75) is 25.8 Å². The molecule has 76 valence electrons. The predicted molar refractivity (Wildman–Crippen MR) is 52.3 cm³/mol. The number of hydrogen-bond acceptors (Lipinski definition) is 3. The maximum absolute atomic E-state index is 11.2. The zero-order valence-electron chi connectivity index (χ0n) is 8.25. The molecule has 3 N–H and O–H groups in total. The first-order chi connectivity index (χ1) is 6.27. The van der Waals surface area contributed by atoms with Gasteiger partial charge in [-0.2, -0.15) is 0 Å². The van der Waals surface area contributed by atoms with E-state index in [9.17, 15) is 4.79 Å². The molecule has 1 heterocycles. The van der Waals surface area contributed by atoms with Gasteiger partial charge in [0, 0.05) is 19.1 Å². The van der Waals surface area contributed by atoms with Gasteiger partial charge in [-0.1, -0.05) is 6.92 Å². The highest BCUT2D eigenvalue weighted by Crippen LogP contribution is 2.09. The first kappa shape index (κ1) is 10.5. The third kappa shape index (κ3) is 2.97. The van der Waals surface area contributed by atoms with E-state index in [1.54, 1.807) is 0 Å². The number of hydrogen-bond donors (Lipinski definition) is 2. The molecule has 0 saturated carbocycles. The van der Waals surface area contributed by atoms with Gasteiger partial charge in [-0.05, 0) is 19.4 Å². The summed E-state index contributed by atoms with van der Waals surface area (Å²) in [4.78, 5) is 13.1. The molecule has 4 nitrogen and oxygen atoms in total. The number of amides is 1. The van der Waals surface area contributed by atoms with Crippen molar-refractivity contribution in [3.8, 4) is 0 Å². The Morgan fingerprint density at radius 3 is 2.62 bits per heavy atom. The zero-order valence-corrected chi connectivity index (χ0v) is 8.25. The lowest BCUT2D eigenvalue weighted by Gasteiger charge is -2.32. The minimum absolute atomic E-state index is 0.0787. The second kappa shape index (κ2) is 5.19. The molecule has 1 fully saturated rings. The van der Waals surface area contributed by atoms with Crippen molar-refractivity contribution in [2.75, 3.05) is 26.2 Å². The van der Waals surface area contributed by atoms with Gasteiger partial charge in [0.1, 0.15) is 0 Å². The summed E-state index contributed by atoms with van der Waals surface area (Å²) >= 11 is 0. The van der Waals surface area contributed by atoms with E-state index < -0.39 is 0 Å². The van der Waals surface area contributed by atoms with E-state index in [0.29, 0.717) is 6.04 Å². The van der Waals surface area contributed by atoms with Gasteiger partial charge in [-0.15, -0.1) is 0 Å².